The summed E-state index contributed by atoms with van der Waals surface area (Å²) in [5.74, 6) is 0. The van der Waals surface area contributed by atoms with Gasteiger partial charge in [-0.2, -0.15) is 0 Å². The molecule has 0 bridgehead atoms. The van der Waals surface area contributed by atoms with E-state index in [9.17, 15) is 4.79 Å². The maximum atomic E-state index is 9.98. The predicted molar refractivity (Wildman–Crippen MR) is 89.5 cm³/mol. The van der Waals surface area contributed by atoms with Crippen molar-refractivity contribution in [3.63, 3.8) is 0 Å². The molecule has 0 aliphatic carbocycles. The number of benzene rings is 1. The molecule has 0 unspecified atom stereocenters. The Morgan fingerprint density at radius 1 is 0.913 bits per heavy atom. The maximum Gasteiger partial charge on any atom is 0.207 e. The van der Waals surface area contributed by atoms with Gasteiger partial charge in [0, 0.05) is 23.5 Å². The summed E-state index contributed by atoms with van der Waals surface area (Å²) in [5.41, 5.74) is 1.24. The van der Waals surface area contributed by atoms with Gasteiger partial charge in [-0.05, 0) is 19.1 Å². The molecule has 1 amide bonds. The molecule has 1 aromatic carbocycles. The van der Waals surface area contributed by atoms with E-state index in [4.69, 9.17) is 18.4 Å². The van der Waals surface area contributed by atoms with Crippen molar-refractivity contribution in [1.82, 2.24) is 5.32 Å². The molecule has 0 saturated carbocycles. The Labute approximate surface area is 142 Å². The smallest absolute Gasteiger partial charge is 0.207 e. The second kappa shape index (κ2) is 14.5. The molecule has 1 rings (SSSR count). The fourth-order valence-electron chi connectivity index (χ4n) is 1.53. The van der Waals surface area contributed by atoms with Crippen molar-refractivity contribution < 1.29 is 23.2 Å². The number of hydrogen-bond donors (Lipinski definition) is 1. The highest BCUT2D eigenvalue weighted by Gasteiger charge is 1.95. The lowest BCUT2D eigenvalue weighted by molar-refractivity contribution is -0.109. The molecule has 0 spiro atoms. The van der Waals surface area contributed by atoms with Gasteiger partial charge in [0.25, 0.3) is 0 Å². The number of aryl methyl sites for hydroxylation is 1. The van der Waals surface area contributed by atoms with E-state index in [1.807, 2.05) is 12.1 Å². The van der Waals surface area contributed by atoms with Gasteiger partial charge in [0.2, 0.25) is 6.41 Å². The number of carbonyl (C=O) groups is 1. The van der Waals surface area contributed by atoms with Crippen molar-refractivity contribution in [3.05, 3.63) is 29.8 Å². The first-order valence-corrected chi connectivity index (χ1v) is 8.33. The third kappa shape index (κ3) is 12.0. The summed E-state index contributed by atoms with van der Waals surface area (Å²) >= 11 is 1.36. The third-order valence-electron chi connectivity index (χ3n) is 2.71. The summed E-state index contributed by atoms with van der Waals surface area (Å²) in [6.45, 7) is 6.24. The normalized spacial score (nSPS) is 10.7. The van der Waals surface area contributed by atoms with Crippen molar-refractivity contribution in [2.45, 2.75) is 11.8 Å². The summed E-state index contributed by atoms with van der Waals surface area (Å²) in [4.78, 5) is 11.1. The number of carbonyl (C=O) groups excluding carboxylic acids is 1. The zero-order valence-corrected chi connectivity index (χ0v) is 14.3. The lowest BCUT2D eigenvalue weighted by Crippen LogP contribution is -2.19. The fraction of sp³-hybridized carbons (Fsp3) is 0.562. The lowest BCUT2D eigenvalue weighted by Gasteiger charge is -2.07. The van der Waals surface area contributed by atoms with Gasteiger partial charge in [0.15, 0.2) is 0 Å². The van der Waals surface area contributed by atoms with Crippen LogP contribution in [0.2, 0.25) is 0 Å². The van der Waals surface area contributed by atoms with Gasteiger partial charge in [-0.25, -0.2) is 0 Å². The van der Waals surface area contributed by atoms with Crippen LogP contribution in [0.15, 0.2) is 29.2 Å². The first-order chi connectivity index (χ1) is 11.3. The Morgan fingerprint density at radius 3 is 2.09 bits per heavy atom. The molecule has 7 heteroatoms. The van der Waals surface area contributed by atoms with Crippen LogP contribution in [0.3, 0.4) is 0 Å². The third-order valence-corrected chi connectivity index (χ3v) is 3.45. The molecule has 0 aliphatic heterocycles. The van der Waals surface area contributed by atoms with Crippen LogP contribution in [-0.2, 0) is 23.2 Å². The molecule has 0 aromatic heterocycles. The van der Waals surface area contributed by atoms with Gasteiger partial charge >= 0.3 is 0 Å². The highest BCUT2D eigenvalue weighted by Crippen LogP contribution is 2.18. The molecular weight excluding hydrogens is 318 g/mol. The molecule has 0 saturated heterocycles. The van der Waals surface area contributed by atoms with Gasteiger partial charge in [0.05, 0.1) is 46.2 Å². The van der Waals surface area contributed by atoms with Gasteiger partial charge < -0.3 is 23.7 Å². The van der Waals surface area contributed by atoms with Gasteiger partial charge in [-0.3, -0.25) is 4.79 Å². The summed E-state index contributed by atoms with van der Waals surface area (Å²) in [5, 5.41) is 2.52. The molecule has 1 N–H and O–H groups in total. The highest BCUT2D eigenvalue weighted by atomic mass is 32.2. The molecule has 130 valence electrons. The lowest BCUT2D eigenvalue weighted by atomic mass is 10.2. The zero-order valence-electron chi connectivity index (χ0n) is 13.5. The molecule has 0 heterocycles. The van der Waals surface area contributed by atoms with Crippen LogP contribution in [0.5, 0.6) is 0 Å². The first-order valence-electron chi connectivity index (χ1n) is 7.59. The van der Waals surface area contributed by atoms with Crippen molar-refractivity contribution in [3.8, 4) is 0 Å². The van der Waals surface area contributed by atoms with Crippen LogP contribution in [0.4, 0.5) is 0 Å². The molecule has 0 radical (unpaired) electrons. The number of rotatable bonds is 15. The van der Waals surface area contributed by atoms with Crippen LogP contribution in [0.25, 0.3) is 0 Å². The predicted octanol–water partition coefficient (Wildman–Crippen LogP) is 1.81. The van der Waals surface area contributed by atoms with E-state index < -0.39 is 0 Å². The average Bonchev–Trinajstić information content (AvgIpc) is 2.57. The molecule has 1 aromatic rings. The summed E-state index contributed by atoms with van der Waals surface area (Å²) in [6.07, 6.45) is 0.653. The first kappa shape index (κ1) is 19.9. The van der Waals surface area contributed by atoms with Gasteiger partial charge in [-0.15, -0.1) is 0 Å². The van der Waals surface area contributed by atoms with E-state index in [1.54, 1.807) is 0 Å². The van der Waals surface area contributed by atoms with Crippen LogP contribution in [0, 0.1) is 6.92 Å². The second-order valence-corrected chi connectivity index (χ2v) is 5.50. The molecule has 23 heavy (non-hydrogen) atoms. The summed E-state index contributed by atoms with van der Waals surface area (Å²) in [7, 11) is 0. The van der Waals surface area contributed by atoms with Crippen LogP contribution in [0.1, 0.15) is 5.56 Å². The molecule has 6 nitrogen and oxygen atoms in total. The SMILES string of the molecule is Cc1ccc(SOCCOCCOCCOCCNC=O)cc1. The van der Waals surface area contributed by atoms with Gasteiger partial charge in [-0.1, -0.05) is 17.7 Å². The Morgan fingerprint density at radius 2 is 1.48 bits per heavy atom. The van der Waals surface area contributed by atoms with Crippen molar-refractivity contribution in [2.75, 3.05) is 52.8 Å². The molecule has 0 fully saturated rings. The Hall–Kier alpha value is -1.12. The summed E-state index contributed by atoms with van der Waals surface area (Å²) in [6, 6.07) is 8.18. The quantitative estimate of drug-likeness (QED) is 0.298. The number of ether oxygens (including phenoxy) is 3. The Kier molecular flexibility index (Phi) is 12.5. The van der Waals surface area contributed by atoms with E-state index in [0.29, 0.717) is 59.2 Å². The Balaban J connectivity index is 1.78. The number of amides is 1. The minimum atomic E-state index is 0.495. The van der Waals surface area contributed by atoms with Crippen molar-refractivity contribution in [1.29, 1.82) is 0 Å². The van der Waals surface area contributed by atoms with Crippen LogP contribution >= 0.6 is 12.0 Å². The number of hydrogen-bond acceptors (Lipinski definition) is 6. The second-order valence-electron chi connectivity index (χ2n) is 4.63. The van der Waals surface area contributed by atoms with Crippen molar-refractivity contribution in [2.24, 2.45) is 0 Å². The van der Waals surface area contributed by atoms with E-state index in [-0.39, 0.29) is 0 Å². The van der Waals surface area contributed by atoms with Gasteiger partial charge in [0.1, 0.15) is 0 Å². The van der Waals surface area contributed by atoms with Crippen LogP contribution in [-0.4, -0.2) is 59.2 Å². The standard InChI is InChI=1S/C16H25NO5S/c1-15-2-4-16(5-3-15)23-22-13-12-21-11-10-20-9-8-19-7-6-17-14-18/h2-5,14H,6-13H2,1H3,(H,17,18). The number of nitrogens with one attached hydrogen (secondary N) is 1. The molecule has 0 atom stereocenters. The monoisotopic (exact) mass is 343 g/mol. The largest absolute Gasteiger partial charge is 0.377 e. The van der Waals surface area contributed by atoms with E-state index >= 15 is 0 Å². The van der Waals surface area contributed by atoms with E-state index in [2.05, 4.69) is 24.4 Å². The Bertz CT molecular complexity index is 402. The maximum absolute atomic E-state index is 9.98. The minimum Gasteiger partial charge on any atom is -0.377 e. The summed E-state index contributed by atoms with van der Waals surface area (Å²) < 4.78 is 21.4. The topological polar surface area (TPSA) is 66.0 Å². The highest BCUT2D eigenvalue weighted by molar-refractivity contribution is 7.94. The minimum absolute atomic E-state index is 0.495. The van der Waals surface area contributed by atoms with E-state index in [1.165, 1.54) is 17.6 Å². The zero-order chi connectivity index (χ0) is 16.6. The fourth-order valence-corrected chi connectivity index (χ4v) is 2.06. The van der Waals surface area contributed by atoms with E-state index in [0.717, 1.165) is 4.90 Å². The van der Waals surface area contributed by atoms with Crippen LogP contribution < -0.4 is 5.32 Å². The average molecular weight is 343 g/mol. The van der Waals surface area contributed by atoms with Crippen molar-refractivity contribution >= 4 is 18.5 Å². The molecular formula is C16H25NO5S. The molecule has 0 aliphatic rings.